The number of esters is 1. The third kappa shape index (κ3) is 4.39. The second kappa shape index (κ2) is 7.70. The fraction of sp³-hybridized carbons (Fsp3) is 0.263. The average Bonchev–Trinajstić information content (AvgIpc) is 3.44. The summed E-state index contributed by atoms with van der Waals surface area (Å²) in [6.07, 6.45) is 0.953. The van der Waals surface area contributed by atoms with Crippen molar-refractivity contribution in [3.05, 3.63) is 64.1 Å². The predicted octanol–water partition coefficient (Wildman–Crippen LogP) is 3.63. The summed E-state index contributed by atoms with van der Waals surface area (Å²) in [5.41, 5.74) is 0.981. The summed E-state index contributed by atoms with van der Waals surface area (Å²) in [4.78, 5) is 25.0. The van der Waals surface area contributed by atoms with E-state index >= 15 is 0 Å². The molecule has 25 heavy (non-hydrogen) atoms. The molecule has 1 amide bonds. The lowest BCUT2D eigenvalue weighted by Gasteiger charge is -2.18. The predicted molar refractivity (Wildman–Crippen MR) is 96.5 cm³/mol. The lowest BCUT2D eigenvalue weighted by Crippen LogP contribution is -2.33. The number of halogens is 1. The topological polar surface area (TPSA) is 64.6 Å². The maximum absolute atomic E-state index is 12.5. The molecule has 1 atom stereocenters. The van der Waals surface area contributed by atoms with E-state index in [2.05, 4.69) is 21.2 Å². The second-order valence-corrected chi connectivity index (χ2v) is 6.68. The van der Waals surface area contributed by atoms with Crippen LogP contribution in [0.15, 0.2) is 53.0 Å². The van der Waals surface area contributed by atoms with Crippen molar-refractivity contribution in [3.63, 3.8) is 0 Å². The maximum Gasteiger partial charge on any atom is 0.339 e. The Balaban J connectivity index is 1.80. The number of amides is 1. The van der Waals surface area contributed by atoms with Crippen LogP contribution in [0.25, 0.3) is 0 Å². The summed E-state index contributed by atoms with van der Waals surface area (Å²) < 4.78 is 11.3. The quantitative estimate of drug-likeness (QED) is 0.747. The van der Waals surface area contributed by atoms with E-state index in [0.29, 0.717) is 21.3 Å². The summed E-state index contributed by atoms with van der Waals surface area (Å²) in [6, 6.07) is 14.1. The van der Waals surface area contributed by atoms with Gasteiger partial charge in [0.2, 0.25) is 6.10 Å². The molecule has 0 spiro atoms. The Labute approximate surface area is 154 Å². The number of carbonyl (C=O) groups excluding carboxylic acids is 2. The number of ether oxygens (including phenoxy) is 2. The Morgan fingerprint density at radius 1 is 1.16 bits per heavy atom. The van der Waals surface area contributed by atoms with E-state index in [1.807, 2.05) is 18.2 Å². The summed E-state index contributed by atoms with van der Waals surface area (Å²) in [5.74, 6) is -0.250. The zero-order valence-corrected chi connectivity index (χ0v) is 15.3. The van der Waals surface area contributed by atoms with E-state index in [0.717, 1.165) is 12.8 Å². The molecule has 0 aliphatic heterocycles. The highest BCUT2D eigenvalue weighted by atomic mass is 79.9. The summed E-state index contributed by atoms with van der Waals surface area (Å²) >= 11 is 3.34. The number of hydrogen-bond donors (Lipinski definition) is 1. The molecule has 6 heteroatoms. The Morgan fingerprint density at radius 3 is 2.48 bits per heavy atom. The standard InChI is InChI=1S/C19H18BrNO4/c1-24-16-10-7-13(11-15(16)20)19(23)25-17(12-5-3-2-4-6-12)18(22)21-14-8-9-14/h2-7,10-11,14,17H,8-9H2,1H3,(H,21,22)/t17-/m1/s1. The third-order valence-electron chi connectivity index (χ3n) is 3.88. The summed E-state index contributed by atoms with van der Waals surface area (Å²) in [6.45, 7) is 0. The number of nitrogens with one attached hydrogen (secondary N) is 1. The van der Waals surface area contributed by atoms with Crippen LogP contribution in [0.1, 0.15) is 34.9 Å². The summed E-state index contributed by atoms with van der Waals surface area (Å²) in [5, 5.41) is 2.89. The Bertz CT molecular complexity index is 774. The number of hydrogen-bond acceptors (Lipinski definition) is 4. The molecule has 1 fully saturated rings. The smallest absolute Gasteiger partial charge is 0.339 e. The van der Waals surface area contributed by atoms with E-state index in [-0.39, 0.29) is 11.9 Å². The lowest BCUT2D eigenvalue weighted by molar-refractivity contribution is -0.130. The van der Waals surface area contributed by atoms with Crippen LogP contribution >= 0.6 is 15.9 Å². The van der Waals surface area contributed by atoms with Gasteiger partial charge < -0.3 is 14.8 Å². The van der Waals surface area contributed by atoms with Gasteiger partial charge in [-0.15, -0.1) is 0 Å². The molecule has 0 bridgehead atoms. The molecule has 1 aliphatic carbocycles. The molecule has 2 aromatic carbocycles. The van der Waals surface area contributed by atoms with E-state index in [1.54, 1.807) is 37.4 Å². The van der Waals surface area contributed by atoms with Crippen molar-refractivity contribution >= 4 is 27.8 Å². The number of methoxy groups -OCH3 is 1. The molecule has 1 aliphatic rings. The molecule has 5 nitrogen and oxygen atoms in total. The van der Waals surface area contributed by atoms with Crippen LogP contribution in [0.2, 0.25) is 0 Å². The molecular formula is C19H18BrNO4. The van der Waals surface area contributed by atoms with Crippen molar-refractivity contribution in [2.75, 3.05) is 7.11 Å². The van der Waals surface area contributed by atoms with Gasteiger partial charge in [0.05, 0.1) is 17.1 Å². The van der Waals surface area contributed by atoms with Gasteiger partial charge in [-0.3, -0.25) is 4.79 Å². The molecule has 1 N–H and O–H groups in total. The van der Waals surface area contributed by atoms with Gasteiger partial charge in [0, 0.05) is 11.6 Å². The van der Waals surface area contributed by atoms with E-state index in [4.69, 9.17) is 9.47 Å². The zero-order chi connectivity index (χ0) is 17.8. The first kappa shape index (κ1) is 17.5. The minimum atomic E-state index is -0.977. The van der Waals surface area contributed by atoms with Gasteiger partial charge in [-0.1, -0.05) is 30.3 Å². The normalized spacial score (nSPS) is 14.5. The maximum atomic E-state index is 12.5. The first-order valence-electron chi connectivity index (χ1n) is 7.98. The van der Waals surface area contributed by atoms with Crippen LogP contribution in [-0.2, 0) is 9.53 Å². The molecule has 0 unspecified atom stereocenters. The SMILES string of the molecule is COc1ccc(C(=O)O[C@@H](C(=O)NC2CC2)c2ccccc2)cc1Br. The third-order valence-corrected chi connectivity index (χ3v) is 4.50. The average molecular weight is 404 g/mol. The number of rotatable bonds is 6. The van der Waals surface area contributed by atoms with Crippen molar-refractivity contribution in [2.24, 2.45) is 0 Å². The Morgan fingerprint density at radius 2 is 1.88 bits per heavy atom. The van der Waals surface area contributed by atoms with Crippen LogP contribution in [0, 0.1) is 0 Å². The van der Waals surface area contributed by atoms with Gasteiger partial charge >= 0.3 is 5.97 Å². The van der Waals surface area contributed by atoms with Crippen molar-refractivity contribution in [3.8, 4) is 5.75 Å². The zero-order valence-electron chi connectivity index (χ0n) is 13.7. The van der Waals surface area contributed by atoms with Crippen molar-refractivity contribution in [2.45, 2.75) is 25.0 Å². The first-order chi connectivity index (χ1) is 12.1. The monoisotopic (exact) mass is 403 g/mol. The van der Waals surface area contributed by atoms with Crippen LogP contribution in [-0.4, -0.2) is 25.0 Å². The molecule has 0 aromatic heterocycles. The van der Waals surface area contributed by atoms with Crippen LogP contribution in [0.3, 0.4) is 0 Å². The van der Waals surface area contributed by atoms with E-state index < -0.39 is 12.1 Å². The number of carbonyl (C=O) groups is 2. The molecule has 1 saturated carbocycles. The fourth-order valence-corrected chi connectivity index (χ4v) is 2.91. The van der Waals surface area contributed by atoms with Gasteiger partial charge in [-0.25, -0.2) is 4.79 Å². The molecule has 0 radical (unpaired) electrons. The van der Waals surface area contributed by atoms with Crippen molar-refractivity contribution in [1.82, 2.24) is 5.32 Å². The highest BCUT2D eigenvalue weighted by molar-refractivity contribution is 9.10. The van der Waals surface area contributed by atoms with E-state index in [9.17, 15) is 9.59 Å². The highest BCUT2D eigenvalue weighted by Crippen LogP contribution is 2.28. The minimum absolute atomic E-state index is 0.188. The molecular weight excluding hydrogens is 386 g/mol. The number of benzene rings is 2. The van der Waals surface area contributed by atoms with Gasteiger partial charge in [0.1, 0.15) is 5.75 Å². The Kier molecular flexibility index (Phi) is 5.38. The van der Waals surface area contributed by atoms with E-state index in [1.165, 1.54) is 0 Å². The molecule has 130 valence electrons. The minimum Gasteiger partial charge on any atom is -0.496 e. The molecule has 3 rings (SSSR count). The largest absolute Gasteiger partial charge is 0.496 e. The van der Waals surface area contributed by atoms with Gasteiger partial charge in [-0.2, -0.15) is 0 Å². The molecule has 0 heterocycles. The highest BCUT2D eigenvalue weighted by Gasteiger charge is 2.31. The summed E-state index contributed by atoms with van der Waals surface area (Å²) in [7, 11) is 1.55. The van der Waals surface area contributed by atoms with Gasteiger partial charge in [0.25, 0.3) is 5.91 Å². The lowest BCUT2D eigenvalue weighted by atomic mass is 10.1. The van der Waals surface area contributed by atoms with Crippen molar-refractivity contribution < 1.29 is 19.1 Å². The Hall–Kier alpha value is -2.34. The van der Waals surface area contributed by atoms with Crippen molar-refractivity contribution in [1.29, 1.82) is 0 Å². The fourth-order valence-electron chi connectivity index (χ4n) is 2.37. The second-order valence-electron chi connectivity index (χ2n) is 5.83. The van der Waals surface area contributed by atoms with Crippen LogP contribution in [0.4, 0.5) is 0 Å². The van der Waals surface area contributed by atoms with Gasteiger partial charge in [0.15, 0.2) is 0 Å². The molecule has 0 saturated heterocycles. The van der Waals surface area contributed by atoms with Crippen LogP contribution < -0.4 is 10.1 Å². The van der Waals surface area contributed by atoms with Crippen LogP contribution in [0.5, 0.6) is 5.75 Å². The molecule has 2 aromatic rings. The first-order valence-corrected chi connectivity index (χ1v) is 8.77. The van der Waals surface area contributed by atoms with Gasteiger partial charge in [-0.05, 0) is 47.0 Å².